The number of amidine groups is 1. The molecule has 0 aromatic heterocycles. The molecule has 0 radical (unpaired) electrons. The second-order valence-electron chi connectivity index (χ2n) is 4.74. The van der Waals surface area contributed by atoms with E-state index in [0.29, 0.717) is 12.1 Å². The van der Waals surface area contributed by atoms with Gasteiger partial charge >= 0.3 is 0 Å². The number of oxime groups is 1. The van der Waals surface area contributed by atoms with E-state index in [1.165, 1.54) is 6.07 Å². The fourth-order valence-corrected chi connectivity index (χ4v) is 2.78. The summed E-state index contributed by atoms with van der Waals surface area (Å²) in [5.41, 5.74) is 6.34. The van der Waals surface area contributed by atoms with Gasteiger partial charge in [0.15, 0.2) is 5.84 Å². The lowest BCUT2D eigenvalue weighted by atomic mass is 10.0. The molecule has 1 fully saturated rings. The van der Waals surface area contributed by atoms with Crippen molar-refractivity contribution in [3.05, 3.63) is 34.1 Å². The van der Waals surface area contributed by atoms with Crippen LogP contribution in [-0.4, -0.2) is 28.5 Å². The monoisotopic (exact) mass is 329 g/mol. The Morgan fingerprint density at radius 2 is 2.32 bits per heavy atom. The lowest BCUT2D eigenvalue weighted by Gasteiger charge is -2.34. The summed E-state index contributed by atoms with van der Waals surface area (Å²) in [4.78, 5) is 2.06. The molecule has 3 N–H and O–H groups in total. The van der Waals surface area contributed by atoms with Gasteiger partial charge in [-0.05, 0) is 31.5 Å². The van der Waals surface area contributed by atoms with Gasteiger partial charge in [0, 0.05) is 16.6 Å². The number of nitrogens with two attached hydrogens (primary N) is 1. The Bertz CT molecular complexity index is 481. The highest BCUT2D eigenvalue weighted by Gasteiger charge is 2.26. The van der Waals surface area contributed by atoms with Crippen LogP contribution >= 0.6 is 15.9 Å². The standard InChI is InChI=1S/C13H17BrFN3O/c14-10-5-4-9(11(15)7-10)8-18-6-2-1-3-12(18)13(16)17-19/h4-5,7,12,19H,1-3,6,8H2,(H2,16,17). The molecule has 19 heavy (non-hydrogen) atoms. The van der Waals surface area contributed by atoms with Gasteiger partial charge in [-0.3, -0.25) is 4.90 Å². The lowest BCUT2D eigenvalue weighted by Crippen LogP contribution is -2.47. The SMILES string of the molecule is NC(=NO)C1CCCCN1Cc1ccc(Br)cc1F. The Morgan fingerprint density at radius 1 is 1.53 bits per heavy atom. The lowest BCUT2D eigenvalue weighted by molar-refractivity contribution is 0.176. The Morgan fingerprint density at radius 3 is 3.00 bits per heavy atom. The summed E-state index contributed by atoms with van der Waals surface area (Å²) in [5.74, 6) is -0.0320. The number of hydrogen-bond acceptors (Lipinski definition) is 3. The molecule has 6 heteroatoms. The second-order valence-corrected chi connectivity index (χ2v) is 5.66. The molecule has 1 aromatic rings. The van der Waals surface area contributed by atoms with E-state index in [4.69, 9.17) is 10.9 Å². The molecule has 1 aliphatic rings. The van der Waals surface area contributed by atoms with Crippen LogP contribution in [0.3, 0.4) is 0 Å². The molecule has 0 spiro atoms. The van der Waals surface area contributed by atoms with Crippen LogP contribution in [0.1, 0.15) is 24.8 Å². The smallest absolute Gasteiger partial charge is 0.156 e. The molecule has 0 amide bonds. The highest BCUT2D eigenvalue weighted by atomic mass is 79.9. The molecule has 0 bridgehead atoms. The van der Waals surface area contributed by atoms with Gasteiger partial charge in [-0.2, -0.15) is 0 Å². The first kappa shape index (κ1) is 14.3. The van der Waals surface area contributed by atoms with E-state index in [2.05, 4.69) is 26.0 Å². The maximum absolute atomic E-state index is 13.8. The molecule has 0 saturated carbocycles. The second kappa shape index (κ2) is 6.34. The van der Waals surface area contributed by atoms with Crippen molar-refractivity contribution in [1.29, 1.82) is 0 Å². The Hall–Kier alpha value is -1.14. The topological polar surface area (TPSA) is 61.9 Å². The van der Waals surface area contributed by atoms with Gasteiger partial charge < -0.3 is 10.9 Å². The summed E-state index contributed by atoms with van der Waals surface area (Å²) in [5, 5.41) is 11.9. The van der Waals surface area contributed by atoms with E-state index >= 15 is 0 Å². The van der Waals surface area contributed by atoms with Crippen LogP contribution in [-0.2, 0) is 6.54 Å². The van der Waals surface area contributed by atoms with Crippen molar-refractivity contribution in [2.24, 2.45) is 10.9 Å². The van der Waals surface area contributed by atoms with E-state index in [0.717, 1.165) is 30.3 Å². The van der Waals surface area contributed by atoms with E-state index in [-0.39, 0.29) is 17.7 Å². The van der Waals surface area contributed by atoms with Gasteiger partial charge in [-0.25, -0.2) is 4.39 Å². The number of likely N-dealkylation sites (tertiary alicyclic amines) is 1. The molecule has 1 unspecified atom stereocenters. The Kier molecular flexibility index (Phi) is 4.76. The van der Waals surface area contributed by atoms with E-state index in [9.17, 15) is 4.39 Å². The third-order valence-electron chi connectivity index (χ3n) is 3.46. The van der Waals surface area contributed by atoms with Gasteiger partial charge in [-0.15, -0.1) is 0 Å². The minimum absolute atomic E-state index is 0.109. The first-order valence-electron chi connectivity index (χ1n) is 6.27. The fourth-order valence-electron chi connectivity index (χ4n) is 2.45. The van der Waals surface area contributed by atoms with E-state index in [1.54, 1.807) is 6.07 Å². The normalized spacial score (nSPS) is 21.6. The quantitative estimate of drug-likeness (QED) is 0.388. The van der Waals surface area contributed by atoms with Gasteiger partial charge in [0.2, 0.25) is 0 Å². The zero-order chi connectivity index (χ0) is 13.8. The molecule has 1 aromatic carbocycles. The predicted molar refractivity (Wildman–Crippen MR) is 75.6 cm³/mol. The van der Waals surface area contributed by atoms with Crippen molar-refractivity contribution < 1.29 is 9.60 Å². The summed E-state index contributed by atoms with van der Waals surface area (Å²) in [6, 6.07) is 4.93. The molecule has 1 heterocycles. The predicted octanol–water partition coefficient (Wildman–Crippen LogP) is 2.69. The van der Waals surface area contributed by atoms with Crippen LogP contribution in [0.15, 0.2) is 27.8 Å². The minimum atomic E-state index is -0.238. The molecule has 1 aliphatic heterocycles. The Balaban J connectivity index is 2.15. The van der Waals surface area contributed by atoms with Crippen LogP contribution in [0.2, 0.25) is 0 Å². The van der Waals surface area contributed by atoms with Crippen molar-refractivity contribution in [3.63, 3.8) is 0 Å². The summed E-state index contributed by atoms with van der Waals surface area (Å²) >= 11 is 3.24. The highest BCUT2D eigenvalue weighted by molar-refractivity contribution is 9.10. The molecular weight excluding hydrogens is 313 g/mol. The average molecular weight is 330 g/mol. The first-order chi connectivity index (χ1) is 9.11. The molecule has 4 nitrogen and oxygen atoms in total. The molecule has 2 rings (SSSR count). The van der Waals surface area contributed by atoms with E-state index in [1.807, 2.05) is 6.07 Å². The zero-order valence-corrected chi connectivity index (χ0v) is 12.1. The molecule has 1 atom stereocenters. The van der Waals surface area contributed by atoms with Crippen LogP contribution in [0, 0.1) is 5.82 Å². The van der Waals surface area contributed by atoms with Crippen molar-refractivity contribution in [2.45, 2.75) is 31.8 Å². The van der Waals surface area contributed by atoms with Crippen molar-refractivity contribution in [1.82, 2.24) is 4.90 Å². The summed E-state index contributed by atoms with van der Waals surface area (Å²) < 4.78 is 14.6. The van der Waals surface area contributed by atoms with Crippen LogP contribution in [0.5, 0.6) is 0 Å². The van der Waals surface area contributed by atoms with Crippen LogP contribution in [0.25, 0.3) is 0 Å². The van der Waals surface area contributed by atoms with Crippen molar-refractivity contribution in [3.8, 4) is 0 Å². The minimum Gasteiger partial charge on any atom is -0.409 e. The van der Waals surface area contributed by atoms with Crippen molar-refractivity contribution >= 4 is 21.8 Å². The maximum atomic E-state index is 13.8. The molecule has 104 valence electrons. The number of halogens is 2. The Labute approximate surface area is 120 Å². The number of benzene rings is 1. The van der Waals surface area contributed by atoms with Gasteiger partial charge in [0.25, 0.3) is 0 Å². The number of rotatable bonds is 3. The highest BCUT2D eigenvalue weighted by Crippen LogP contribution is 2.22. The number of nitrogens with zero attached hydrogens (tertiary/aromatic N) is 2. The zero-order valence-electron chi connectivity index (χ0n) is 10.5. The average Bonchev–Trinajstić information content (AvgIpc) is 2.41. The summed E-state index contributed by atoms with van der Waals surface area (Å²) in [6.45, 7) is 1.30. The summed E-state index contributed by atoms with van der Waals surface area (Å²) in [6.07, 6.45) is 2.93. The van der Waals surface area contributed by atoms with Gasteiger partial charge in [0.05, 0.1) is 6.04 Å². The van der Waals surface area contributed by atoms with E-state index < -0.39 is 0 Å². The largest absolute Gasteiger partial charge is 0.409 e. The third kappa shape index (κ3) is 3.45. The van der Waals surface area contributed by atoms with Gasteiger partial charge in [-0.1, -0.05) is 33.6 Å². The first-order valence-corrected chi connectivity index (χ1v) is 7.06. The van der Waals surface area contributed by atoms with Crippen LogP contribution in [0.4, 0.5) is 4.39 Å². The van der Waals surface area contributed by atoms with Gasteiger partial charge in [0.1, 0.15) is 5.82 Å². The third-order valence-corrected chi connectivity index (χ3v) is 3.95. The number of hydrogen-bond donors (Lipinski definition) is 2. The number of piperidine rings is 1. The molecule has 1 saturated heterocycles. The molecule has 0 aliphatic carbocycles. The summed E-state index contributed by atoms with van der Waals surface area (Å²) in [7, 11) is 0. The van der Waals surface area contributed by atoms with Crippen molar-refractivity contribution in [2.75, 3.05) is 6.54 Å². The fraction of sp³-hybridized carbons (Fsp3) is 0.462. The van der Waals surface area contributed by atoms with Crippen LogP contribution < -0.4 is 5.73 Å². The molecular formula is C13H17BrFN3O. The maximum Gasteiger partial charge on any atom is 0.156 e.